The summed E-state index contributed by atoms with van der Waals surface area (Å²) < 4.78 is 5.46. The first-order valence-corrected chi connectivity index (χ1v) is 8.46. The predicted octanol–water partition coefficient (Wildman–Crippen LogP) is 1.13. The Morgan fingerprint density at radius 2 is 2.08 bits per heavy atom. The van der Waals surface area contributed by atoms with Crippen LogP contribution < -0.4 is 11.1 Å². The topological polar surface area (TPSA) is 87.8 Å². The zero-order valence-corrected chi connectivity index (χ0v) is 14.7. The summed E-state index contributed by atoms with van der Waals surface area (Å²) in [4.78, 5) is 14.0. The standard InChI is InChI=1S/C18H29N3O3/c1-18(2,3)24-17(23)21-10-9-20-12-15(21)16(22)14(19)11-13-7-5-4-6-8-13/h4-8,14-16,20,22H,9-12,19H2,1-3H3/t14-,15-,16-/m1/s1. The van der Waals surface area contributed by atoms with E-state index in [9.17, 15) is 9.90 Å². The molecule has 0 aromatic heterocycles. The quantitative estimate of drug-likeness (QED) is 0.768. The lowest BCUT2D eigenvalue weighted by Gasteiger charge is -2.40. The largest absolute Gasteiger partial charge is 0.444 e. The Bertz CT molecular complexity index is 530. The van der Waals surface area contributed by atoms with E-state index in [1.54, 1.807) is 4.90 Å². The number of aliphatic hydroxyl groups excluding tert-OH is 1. The molecule has 0 unspecified atom stereocenters. The molecule has 24 heavy (non-hydrogen) atoms. The van der Waals surface area contributed by atoms with Crippen LogP contribution in [0.4, 0.5) is 4.79 Å². The highest BCUT2D eigenvalue weighted by atomic mass is 16.6. The molecule has 1 fully saturated rings. The second-order valence-electron chi connectivity index (χ2n) is 7.29. The average molecular weight is 335 g/mol. The maximum Gasteiger partial charge on any atom is 0.410 e. The van der Waals surface area contributed by atoms with Gasteiger partial charge < -0.3 is 20.9 Å². The van der Waals surface area contributed by atoms with E-state index in [2.05, 4.69) is 5.32 Å². The van der Waals surface area contributed by atoms with Crippen LogP contribution in [0.5, 0.6) is 0 Å². The number of piperazine rings is 1. The first-order chi connectivity index (χ1) is 11.3. The predicted molar refractivity (Wildman–Crippen MR) is 93.7 cm³/mol. The van der Waals surface area contributed by atoms with Gasteiger partial charge in [-0.15, -0.1) is 0 Å². The van der Waals surface area contributed by atoms with Gasteiger partial charge in [-0.3, -0.25) is 4.90 Å². The van der Waals surface area contributed by atoms with E-state index >= 15 is 0 Å². The van der Waals surface area contributed by atoms with E-state index in [1.807, 2.05) is 51.1 Å². The number of hydrogen-bond acceptors (Lipinski definition) is 5. The minimum absolute atomic E-state index is 0.396. The van der Waals surface area contributed by atoms with Crippen LogP contribution >= 0.6 is 0 Å². The first-order valence-electron chi connectivity index (χ1n) is 8.46. The van der Waals surface area contributed by atoms with Crippen LogP contribution in [0, 0.1) is 0 Å². The van der Waals surface area contributed by atoms with Crippen molar-refractivity contribution in [2.75, 3.05) is 19.6 Å². The van der Waals surface area contributed by atoms with Crippen molar-refractivity contribution in [3.8, 4) is 0 Å². The third-order valence-corrected chi connectivity index (χ3v) is 4.06. The molecule has 134 valence electrons. The molecule has 0 bridgehead atoms. The van der Waals surface area contributed by atoms with Crippen molar-refractivity contribution < 1.29 is 14.6 Å². The van der Waals surface area contributed by atoms with Gasteiger partial charge in [-0.25, -0.2) is 4.79 Å². The molecule has 3 atom stereocenters. The fourth-order valence-corrected chi connectivity index (χ4v) is 2.87. The summed E-state index contributed by atoms with van der Waals surface area (Å²) in [5, 5.41) is 13.9. The van der Waals surface area contributed by atoms with Gasteiger partial charge >= 0.3 is 6.09 Å². The Labute approximate surface area is 144 Å². The number of aliphatic hydroxyl groups is 1. The minimum atomic E-state index is -0.828. The van der Waals surface area contributed by atoms with Crippen molar-refractivity contribution >= 4 is 6.09 Å². The zero-order valence-electron chi connectivity index (χ0n) is 14.7. The van der Waals surface area contributed by atoms with Crippen molar-refractivity contribution in [3.05, 3.63) is 35.9 Å². The van der Waals surface area contributed by atoms with Crippen LogP contribution in [0.1, 0.15) is 26.3 Å². The van der Waals surface area contributed by atoms with Gasteiger partial charge in [0, 0.05) is 25.7 Å². The lowest BCUT2D eigenvalue weighted by Crippen LogP contribution is -2.62. The van der Waals surface area contributed by atoms with Crippen LogP contribution in [0.25, 0.3) is 0 Å². The Morgan fingerprint density at radius 1 is 1.42 bits per heavy atom. The van der Waals surface area contributed by atoms with Crippen LogP contribution in [0.2, 0.25) is 0 Å². The van der Waals surface area contributed by atoms with Gasteiger partial charge in [-0.05, 0) is 32.8 Å². The van der Waals surface area contributed by atoms with E-state index in [4.69, 9.17) is 10.5 Å². The Morgan fingerprint density at radius 3 is 2.71 bits per heavy atom. The molecule has 6 nitrogen and oxygen atoms in total. The van der Waals surface area contributed by atoms with E-state index in [0.29, 0.717) is 26.1 Å². The number of benzene rings is 1. The molecule has 1 aliphatic rings. The van der Waals surface area contributed by atoms with Gasteiger partial charge in [0.25, 0.3) is 0 Å². The molecule has 1 amide bonds. The van der Waals surface area contributed by atoms with Crippen molar-refractivity contribution in [3.63, 3.8) is 0 Å². The van der Waals surface area contributed by atoms with E-state index < -0.39 is 29.9 Å². The number of carbonyl (C=O) groups is 1. The van der Waals surface area contributed by atoms with Crippen LogP contribution in [0.15, 0.2) is 30.3 Å². The van der Waals surface area contributed by atoms with E-state index in [0.717, 1.165) is 5.56 Å². The molecule has 2 rings (SSSR count). The van der Waals surface area contributed by atoms with Crippen molar-refractivity contribution in [1.29, 1.82) is 0 Å². The Balaban J connectivity index is 2.04. The second-order valence-corrected chi connectivity index (χ2v) is 7.29. The second kappa shape index (κ2) is 7.96. The molecule has 0 saturated carbocycles. The SMILES string of the molecule is CC(C)(C)OC(=O)N1CCNC[C@@H]1[C@H](O)[C@H](N)Cc1ccccc1. The summed E-state index contributed by atoms with van der Waals surface area (Å²) in [7, 11) is 0. The van der Waals surface area contributed by atoms with Gasteiger partial charge in [0.15, 0.2) is 0 Å². The fraction of sp³-hybridized carbons (Fsp3) is 0.611. The Kier molecular flexibility index (Phi) is 6.21. The molecule has 1 heterocycles. The molecular formula is C18H29N3O3. The molecule has 0 spiro atoms. The number of carbonyl (C=O) groups excluding carboxylic acids is 1. The molecule has 4 N–H and O–H groups in total. The normalized spacial score (nSPS) is 21.2. The van der Waals surface area contributed by atoms with Gasteiger partial charge in [-0.2, -0.15) is 0 Å². The number of rotatable bonds is 4. The third-order valence-electron chi connectivity index (χ3n) is 4.06. The summed E-state index contributed by atoms with van der Waals surface area (Å²) in [5.74, 6) is 0. The van der Waals surface area contributed by atoms with Crippen molar-refractivity contribution in [2.45, 2.75) is 51.0 Å². The number of nitrogens with one attached hydrogen (secondary N) is 1. The molecule has 1 aromatic carbocycles. The summed E-state index contributed by atoms with van der Waals surface area (Å²) >= 11 is 0. The number of ether oxygens (including phenoxy) is 1. The van der Waals surface area contributed by atoms with Gasteiger partial charge in [-0.1, -0.05) is 30.3 Å². The molecule has 6 heteroatoms. The van der Waals surface area contributed by atoms with Gasteiger partial charge in [0.1, 0.15) is 5.60 Å². The van der Waals surface area contributed by atoms with Crippen molar-refractivity contribution in [1.82, 2.24) is 10.2 Å². The molecule has 1 saturated heterocycles. The molecule has 1 aromatic rings. The van der Waals surface area contributed by atoms with Crippen LogP contribution in [-0.4, -0.2) is 59.5 Å². The summed E-state index contributed by atoms with van der Waals surface area (Å²) in [6.07, 6.45) is -0.675. The lowest BCUT2D eigenvalue weighted by atomic mass is 9.95. The number of nitrogens with zero attached hydrogens (tertiary/aromatic N) is 1. The highest BCUT2D eigenvalue weighted by Crippen LogP contribution is 2.17. The highest BCUT2D eigenvalue weighted by molar-refractivity contribution is 5.69. The molecule has 1 aliphatic heterocycles. The minimum Gasteiger partial charge on any atom is -0.444 e. The number of hydrogen-bond donors (Lipinski definition) is 3. The van der Waals surface area contributed by atoms with Crippen molar-refractivity contribution in [2.24, 2.45) is 5.73 Å². The number of amides is 1. The average Bonchev–Trinajstić information content (AvgIpc) is 2.53. The maximum absolute atomic E-state index is 12.4. The van der Waals surface area contributed by atoms with Gasteiger partial charge in [0.2, 0.25) is 0 Å². The monoisotopic (exact) mass is 335 g/mol. The van der Waals surface area contributed by atoms with E-state index in [-0.39, 0.29) is 0 Å². The van der Waals surface area contributed by atoms with Crippen LogP contribution in [-0.2, 0) is 11.2 Å². The van der Waals surface area contributed by atoms with Gasteiger partial charge in [0.05, 0.1) is 12.1 Å². The van der Waals surface area contributed by atoms with E-state index in [1.165, 1.54) is 0 Å². The third kappa shape index (κ3) is 5.19. The number of nitrogens with two attached hydrogens (primary N) is 1. The lowest BCUT2D eigenvalue weighted by molar-refractivity contribution is -0.0174. The summed E-state index contributed by atoms with van der Waals surface area (Å²) in [6.45, 7) is 7.17. The first kappa shape index (κ1) is 18.7. The fourth-order valence-electron chi connectivity index (χ4n) is 2.87. The smallest absolute Gasteiger partial charge is 0.410 e. The molecular weight excluding hydrogens is 306 g/mol. The highest BCUT2D eigenvalue weighted by Gasteiger charge is 2.37. The Hall–Kier alpha value is -1.63. The summed E-state index contributed by atoms with van der Waals surface area (Å²) in [5.41, 5.74) is 6.71. The van der Waals surface area contributed by atoms with Crippen LogP contribution in [0.3, 0.4) is 0 Å². The summed E-state index contributed by atoms with van der Waals surface area (Å²) in [6, 6.07) is 8.96. The molecule has 0 radical (unpaired) electrons. The molecule has 0 aliphatic carbocycles. The maximum atomic E-state index is 12.4. The zero-order chi connectivity index (χ0) is 17.7.